The molecule has 0 aromatic heterocycles. The van der Waals surface area contributed by atoms with E-state index in [1.807, 2.05) is 43.3 Å². The number of ether oxygens (including phenoxy) is 1. The number of carbonyl (C=O) groups excluding carboxylic acids is 2. The summed E-state index contributed by atoms with van der Waals surface area (Å²) in [5.41, 5.74) is 2.10. The van der Waals surface area contributed by atoms with E-state index in [0.29, 0.717) is 30.2 Å². The van der Waals surface area contributed by atoms with E-state index in [9.17, 15) is 9.59 Å². The van der Waals surface area contributed by atoms with Crippen LogP contribution in [0.4, 0.5) is 16.2 Å². The van der Waals surface area contributed by atoms with E-state index < -0.39 is 6.09 Å². The summed E-state index contributed by atoms with van der Waals surface area (Å²) in [6, 6.07) is 15.3. The second-order valence-corrected chi connectivity index (χ2v) is 6.45. The van der Waals surface area contributed by atoms with Crippen LogP contribution >= 0.6 is 11.8 Å². The maximum absolute atomic E-state index is 12.2. The van der Waals surface area contributed by atoms with Crippen molar-refractivity contribution < 1.29 is 14.3 Å². The van der Waals surface area contributed by atoms with E-state index in [1.54, 1.807) is 30.8 Å². The van der Waals surface area contributed by atoms with E-state index in [2.05, 4.69) is 10.6 Å². The van der Waals surface area contributed by atoms with Crippen LogP contribution in [0.3, 0.4) is 0 Å². The van der Waals surface area contributed by atoms with Crippen molar-refractivity contribution >= 4 is 35.1 Å². The van der Waals surface area contributed by atoms with Crippen molar-refractivity contribution in [1.29, 1.82) is 0 Å². The van der Waals surface area contributed by atoms with Crippen molar-refractivity contribution in [2.75, 3.05) is 23.0 Å². The molecule has 0 aliphatic heterocycles. The number of benzene rings is 2. The van der Waals surface area contributed by atoms with Gasteiger partial charge in [-0.3, -0.25) is 10.1 Å². The van der Waals surface area contributed by atoms with Crippen molar-refractivity contribution in [2.24, 2.45) is 0 Å². The lowest BCUT2D eigenvalue weighted by atomic mass is 10.1. The van der Waals surface area contributed by atoms with Gasteiger partial charge in [0.15, 0.2) is 0 Å². The molecule has 0 spiro atoms. The van der Waals surface area contributed by atoms with Gasteiger partial charge >= 0.3 is 6.09 Å². The van der Waals surface area contributed by atoms with Crippen molar-refractivity contribution in [3.05, 3.63) is 54.1 Å². The monoisotopic (exact) mass is 358 g/mol. The molecule has 5 nitrogen and oxygen atoms in total. The van der Waals surface area contributed by atoms with Crippen molar-refractivity contribution in [3.8, 4) is 0 Å². The highest BCUT2D eigenvalue weighted by Gasteiger charge is 2.10. The molecule has 0 unspecified atom stereocenters. The predicted octanol–water partition coefficient (Wildman–Crippen LogP) is 4.68. The Hall–Kier alpha value is -2.47. The number of thioether (sulfide) groups is 1. The van der Waals surface area contributed by atoms with Crippen LogP contribution in [0, 0.1) is 6.92 Å². The summed E-state index contributed by atoms with van der Waals surface area (Å²) in [5, 5.41) is 5.57. The third-order valence-corrected chi connectivity index (χ3v) is 4.47. The fourth-order valence-electron chi connectivity index (χ4n) is 2.17. The number of anilines is 2. The van der Waals surface area contributed by atoms with E-state index in [0.717, 1.165) is 10.5 Å². The molecule has 2 N–H and O–H groups in total. The van der Waals surface area contributed by atoms with Crippen LogP contribution < -0.4 is 10.6 Å². The molecular formula is C19H22N2O3S. The highest BCUT2D eigenvalue weighted by molar-refractivity contribution is 7.99. The van der Waals surface area contributed by atoms with Crippen LogP contribution in [0.1, 0.15) is 18.9 Å². The topological polar surface area (TPSA) is 67.4 Å². The number of amides is 2. The Bertz CT molecular complexity index is 720. The highest BCUT2D eigenvalue weighted by atomic mass is 32.2. The van der Waals surface area contributed by atoms with Crippen LogP contribution in [0.25, 0.3) is 0 Å². The van der Waals surface area contributed by atoms with Gasteiger partial charge in [-0.05, 0) is 43.7 Å². The summed E-state index contributed by atoms with van der Waals surface area (Å²) in [6.45, 7) is 3.90. The van der Waals surface area contributed by atoms with E-state index >= 15 is 0 Å². The summed E-state index contributed by atoms with van der Waals surface area (Å²) in [7, 11) is 0. The first-order valence-corrected chi connectivity index (χ1v) is 9.09. The molecule has 0 saturated heterocycles. The minimum atomic E-state index is -0.506. The van der Waals surface area contributed by atoms with Crippen LogP contribution in [0.2, 0.25) is 0 Å². The molecule has 0 heterocycles. The summed E-state index contributed by atoms with van der Waals surface area (Å²) in [5.74, 6) is 0.648. The summed E-state index contributed by atoms with van der Waals surface area (Å²) in [4.78, 5) is 24.9. The third-order valence-electron chi connectivity index (χ3n) is 3.46. The zero-order valence-corrected chi connectivity index (χ0v) is 15.2. The zero-order chi connectivity index (χ0) is 18.1. The first kappa shape index (κ1) is 18.9. The smallest absolute Gasteiger partial charge is 0.411 e. The van der Waals surface area contributed by atoms with E-state index in [1.165, 1.54) is 0 Å². The fourth-order valence-corrected chi connectivity index (χ4v) is 3.05. The van der Waals surface area contributed by atoms with Crippen LogP contribution in [-0.2, 0) is 9.53 Å². The number of hydrogen-bond donors (Lipinski definition) is 2. The average Bonchev–Trinajstić information content (AvgIpc) is 2.59. The Morgan fingerprint density at radius 3 is 2.36 bits per heavy atom. The Labute approximate surface area is 152 Å². The minimum absolute atomic E-state index is 0.0557. The standard InChI is InChI=1S/C19H22N2O3S/c1-3-24-19(23)21-17-11-7-10-16(14(17)2)20-18(22)12-13-25-15-8-5-4-6-9-15/h4-11H,3,12-13H2,1-2H3,(H,20,22)(H,21,23). The van der Waals surface area contributed by atoms with Gasteiger partial charge in [-0.2, -0.15) is 0 Å². The number of carbonyl (C=O) groups is 2. The molecule has 2 aromatic carbocycles. The van der Waals surface area contributed by atoms with Crippen LogP contribution in [0.5, 0.6) is 0 Å². The van der Waals surface area contributed by atoms with E-state index in [4.69, 9.17) is 4.74 Å². The van der Waals surface area contributed by atoms with Gasteiger partial charge in [0.05, 0.1) is 6.61 Å². The molecule has 0 aliphatic rings. The molecule has 0 fully saturated rings. The molecular weight excluding hydrogens is 336 g/mol. The number of nitrogens with one attached hydrogen (secondary N) is 2. The van der Waals surface area contributed by atoms with Gasteiger partial charge in [0.2, 0.25) is 5.91 Å². The van der Waals surface area contributed by atoms with Gasteiger partial charge in [0, 0.05) is 28.4 Å². The summed E-state index contributed by atoms with van der Waals surface area (Å²) in [6.07, 6.45) is -0.0949. The molecule has 2 rings (SSSR count). The molecule has 0 aliphatic carbocycles. The molecule has 0 atom stereocenters. The lowest BCUT2D eigenvalue weighted by Crippen LogP contribution is -2.16. The van der Waals surface area contributed by atoms with Gasteiger partial charge in [-0.25, -0.2) is 4.79 Å². The van der Waals surface area contributed by atoms with Gasteiger partial charge < -0.3 is 10.1 Å². The molecule has 0 radical (unpaired) electrons. The van der Waals surface area contributed by atoms with Crippen molar-refractivity contribution in [3.63, 3.8) is 0 Å². The maximum Gasteiger partial charge on any atom is 0.411 e. The fraction of sp³-hybridized carbons (Fsp3) is 0.263. The largest absolute Gasteiger partial charge is 0.450 e. The maximum atomic E-state index is 12.2. The first-order chi connectivity index (χ1) is 12.1. The first-order valence-electron chi connectivity index (χ1n) is 8.11. The Morgan fingerprint density at radius 2 is 1.68 bits per heavy atom. The van der Waals surface area contributed by atoms with Gasteiger partial charge in [0.1, 0.15) is 0 Å². The zero-order valence-electron chi connectivity index (χ0n) is 14.4. The number of rotatable bonds is 7. The van der Waals surface area contributed by atoms with Crippen LogP contribution in [0.15, 0.2) is 53.4 Å². The molecule has 0 saturated carbocycles. The Balaban J connectivity index is 1.88. The van der Waals surface area contributed by atoms with Crippen LogP contribution in [-0.4, -0.2) is 24.4 Å². The number of hydrogen-bond acceptors (Lipinski definition) is 4. The molecule has 132 valence electrons. The molecule has 2 aromatic rings. The average molecular weight is 358 g/mol. The highest BCUT2D eigenvalue weighted by Crippen LogP contribution is 2.24. The van der Waals surface area contributed by atoms with Crippen molar-refractivity contribution in [1.82, 2.24) is 0 Å². The van der Waals surface area contributed by atoms with Crippen molar-refractivity contribution in [2.45, 2.75) is 25.2 Å². The van der Waals surface area contributed by atoms with Gasteiger partial charge in [-0.1, -0.05) is 24.3 Å². The van der Waals surface area contributed by atoms with Gasteiger partial charge in [-0.15, -0.1) is 11.8 Å². The second-order valence-electron chi connectivity index (χ2n) is 5.28. The quantitative estimate of drug-likeness (QED) is 0.705. The minimum Gasteiger partial charge on any atom is -0.450 e. The molecule has 6 heteroatoms. The molecule has 0 bridgehead atoms. The molecule has 25 heavy (non-hydrogen) atoms. The van der Waals surface area contributed by atoms with Gasteiger partial charge in [0.25, 0.3) is 0 Å². The molecule has 2 amide bonds. The second kappa shape index (κ2) is 9.74. The third kappa shape index (κ3) is 6.15. The SMILES string of the molecule is CCOC(=O)Nc1cccc(NC(=O)CCSc2ccccc2)c1C. The Morgan fingerprint density at radius 1 is 1.00 bits per heavy atom. The summed E-state index contributed by atoms with van der Waals surface area (Å²) >= 11 is 1.65. The lowest BCUT2D eigenvalue weighted by molar-refractivity contribution is -0.115. The summed E-state index contributed by atoms with van der Waals surface area (Å²) < 4.78 is 4.88. The Kier molecular flexibility index (Phi) is 7.35. The van der Waals surface area contributed by atoms with E-state index in [-0.39, 0.29) is 5.91 Å². The predicted molar refractivity (Wildman–Crippen MR) is 102 cm³/mol. The lowest BCUT2D eigenvalue weighted by Gasteiger charge is -2.13. The normalized spacial score (nSPS) is 10.2.